The van der Waals surface area contributed by atoms with Crippen LogP contribution >= 0.6 is 0 Å². The molecule has 1 amide bonds. The van der Waals surface area contributed by atoms with Crippen molar-refractivity contribution < 1.29 is 18.4 Å². The van der Waals surface area contributed by atoms with Crippen LogP contribution < -0.4 is 5.32 Å². The molecule has 2 atom stereocenters. The van der Waals surface area contributed by atoms with E-state index in [1.54, 1.807) is 0 Å². The molecule has 0 heterocycles. The number of nitrogens with one attached hydrogen (secondary N) is 1. The van der Waals surface area contributed by atoms with Crippen LogP contribution in [0.2, 0.25) is 0 Å². The summed E-state index contributed by atoms with van der Waals surface area (Å²) in [7, 11) is 0. The molecule has 0 spiro atoms. The molecule has 2 fully saturated rings. The Balaban J connectivity index is 1.95. The van der Waals surface area contributed by atoms with Gasteiger partial charge in [0.1, 0.15) is 22.8 Å². The van der Waals surface area contributed by atoms with Gasteiger partial charge in [0.15, 0.2) is 0 Å². The topological polar surface area (TPSA) is 46.2 Å². The maximum absolute atomic E-state index is 13.7. The molecule has 112 valence electrons. The monoisotopic (exact) mass is 293 g/mol. The molecule has 1 N–H and O–H groups in total. The second kappa shape index (κ2) is 4.36. The van der Waals surface area contributed by atoms with Gasteiger partial charge in [0, 0.05) is 12.5 Å². The maximum Gasteiger partial charge on any atom is 0.238 e. The van der Waals surface area contributed by atoms with Gasteiger partial charge < -0.3 is 5.32 Å². The van der Waals surface area contributed by atoms with Crippen molar-refractivity contribution in [2.75, 3.05) is 5.32 Å². The highest BCUT2D eigenvalue weighted by molar-refractivity contribution is 6.14. The number of fused-ring (bicyclic) bond motifs is 2. The Hall–Kier alpha value is -1.78. The first-order valence-corrected chi connectivity index (χ1v) is 7.09. The summed E-state index contributed by atoms with van der Waals surface area (Å²) >= 11 is 0. The number of Topliss-reactive ketones (excluding diaryl/α,β-unsaturated/α-hetero) is 1. The Kier molecular flexibility index (Phi) is 2.94. The minimum atomic E-state index is -1.11. The Labute approximate surface area is 121 Å². The number of hydrogen-bond donors (Lipinski definition) is 1. The lowest BCUT2D eigenvalue weighted by molar-refractivity contribution is -0.141. The molecule has 0 aromatic heterocycles. The minimum Gasteiger partial charge on any atom is -0.323 e. The van der Waals surface area contributed by atoms with E-state index in [-0.39, 0.29) is 17.4 Å². The zero-order valence-electron chi connectivity index (χ0n) is 12.0. The van der Waals surface area contributed by atoms with E-state index in [4.69, 9.17) is 0 Å². The molecule has 21 heavy (non-hydrogen) atoms. The summed E-state index contributed by atoms with van der Waals surface area (Å²) in [6.07, 6.45) is 1.69. The van der Waals surface area contributed by atoms with E-state index in [0.717, 1.165) is 24.6 Å². The van der Waals surface area contributed by atoms with Crippen LogP contribution in [-0.2, 0) is 9.59 Å². The van der Waals surface area contributed by atoms with Crippen LogP contribution in [0.3, 0.4) is 0 Å². The van der Waals surface area contributed by atoms with Crippen LogP contribution in [0.25, 0.3) is 0 Å². The molecule has 0 aliphatic heterocycles. The van der Waals surface area contributed by atoms with Gasteiger partial charge in [-0.05, 0) is 36.3 Å². The second-order valence-electron chi connectivity index (χ2n) is 6.57. The molecule has 0 saturated heterocycles. The largest absolute Gasteiger partial charge is 0.323 e. The van der Waals surface area contributed by atoms with E-state index in [2.05, 4.69) is 5.32 Å². The number of benzene rings is 1. The van der Waals surface area contributed by atoms with Crippen molar-refractivity contribution in [3.8, 4) is 0 Å². The van der Waals surface area contributed by atoms with Gasteiger partial charge in [0.05, 0.1) is 5.69 Å². The highest BCUT2D eigenvalue weighted by atomic mass is 19.1. The number of rotatable bonds is 2. The SMILES string of the molecule is CC1(C)C2CCC1(C(=O)Nc1cc(F)ccc1F)C(=O)C2. The average molecular weight is 293 g/mol. The van der Waals surface area contributed by atoms with E-state index < -0.39 is 28.4 Å². The summed E-state index contributed by atoms with van der Waals surface area (Å²) < 4.78 is 26.9. The molecule has 3 nitrogen and oxygen atoms in total. The van der Waals surface area contributed by atoms with Gasteiger partial charge in [-0.25, -0.2) is 8.78 Å². The van der Waals surface area contributed by atoms with Gasteiger partial charge in [0.2, 0.25) is 5.91 Å². The first-order valence-electron chi connectivity index (χ1n) is 7.09. The van der Waals surface area contributed by atoms with E-state index in [1.165, 1.54) is 0 Å². The van der Waals surface area contributed by atoms with Crippen molar-refractivity contribution >= 4 is 17.4 Å². The Morgan fingerprint density at radius 2 is 2.05 bits per heavy atom. The summed E-state index contributed by atoms with van der Waals surface area (Å²) in [4.78, 5) is 25.0. The molecule has 3 rings (SSSR count). The number of anilines is 1. The zero-order chi connectivity index (χ0) is 15.4. The lowest BCUT2D eigenvalue weighted by Gasteiger charge is -2.34. The molecule has 5 heteroatoms. The standard InChI is InChI=1S/C16H17F2NO2/c1-15(2)9-5-6-16(15,13(20)7-9)14(21)19-12-8-10(17)3-4-11(12)18/h3-4,8-9H,5-7H2,1-2H3,(H,19,21). The fraction of sp³-hybridized carbons (Fsp3) is 0.500. The summed E-state index contributed by atoms with van der Waals surface area (Å²) in [6, 6.07) is 2.88. The normalized spacial score (nSPS) is 29.7. The Bertz CT molecular complexity index is 641. The highest BCUT2D eigenvalue weighted by Gasteiger charge is 2.68. The van der Waals surface area contributed by atoms with Crippen LogP contribution in [-0.4, -0.2) is 11.7 Å². The van der Waals surface area contributed by atoms with Gasteiger partial charge in [-0.15, -0.1) is 0 Å². The van der Waals surface area contributed by atoms with Crippen molar-refractivity contribution in [3.05, 3.63) is 29.8 Å². The van der Waals surface area contributed by atoms with Crippen LogP contribution in [0.4, 0.5) is 14.5 Å². The summed E-state index contributed by atoms with van der Waals surface area (Å²) in [5.41, 5.74) is -1.78. The smallest absolute Gasteiger partial charge is 0.238 e. The fourth-order valence-electron chi connectivity index (χ4n) is 4.03. The van der Waals surface area contributed by atoms with E-state index in [0.29, 0.717) is 12.8 Å². The lowest BCUT2D eigenvalue weighted by atomic mass is 9.68. The fourth-order valence-corrected chi connectivity index (χ4v) is 4.03. The van der Waals surface area contributed by atoms with Gasteiger partial charge in [-0.2, -0.15) is 0 Å². The number of hydrogen-bond acceptors (Lipinski definition) is 2. The Morgan fingerprint density at radius 3 is 2.62 bits per heavy atom. The second-order valence-corrected chi connectivity index (χ2v) is 6.57. The van der Waals surface area contributed by atoms with E-state index in [9.17, 15) is 18.4 Å². The molecule has 2 unspecified atom stereocenters. The first-order chi connectivity index (χ1) is 9.79. The predicted octanol–water partition coefficient (Wildman–Crippen LogP) is 3.30. The van der Waals surface area contributed by atoms with Crippen molar-refractivity contribution in [3.63, 3.8) is 0 Å². The summed E-state index contributed by atoms with van der Waals surface area (Å²) in [5, 5.41) is 2.42. The van der Waals surface area contributed by atoms with Crippen molar-refractivity contribution in [1.29, 1.82) is 0 Å². The number of carbonyl (C=O) groups excluding carboxylic acids is 2. The summed E-state index contributed by atoms with van der Waals surface area (Å²) in [6.45, 7) is 3.83. The quantitative estimate of drug-likeness (QED) is 0.850. The van der Waals surface area contributed by atoms with E-state index >= 15 is 0 Å². The third-order valence-corrected chi connectivity index (χ3v) is 5.46. The molecule has 2 aliphatic rings. The number of carbonyl (C=O) groups is 2. The average Bonchev–Trinajstić information content (AvgIpc) is 2.77. The van der Waals surface area contributed by atoms with Crippen LogP contribution in [0.1, 0.15) is 33.1 Å². The first kappa shape index (κ1) is 14.2. The van der Waals surface area contributed by atoms with Gasteiger partial charge in [-0.1, -0.05) is 13.8 Å². The van der Waals surface area contributed by atoms with Crippen LogP contribution in [0.15, 0.2) is 18.2 Å². The third kappa shape index (κ3) is 1.76. The molecular weight excluding hydrogens is 276 g/mol. The maximum atomic E-state index is 13.7. The van der Waals surface area contributed by atoms with Crippen molar-refractivity contribution in [2.24, 2.45) is 16.7 Å². The minimum absolute atomic E-state index is 0.0851. The summed E-state index contributed by atoms with van der Waals surface area (Å²) in [5.74, 6) is -1.75. The number of ketones is 1. The van der Waals surface area contributed by atoms with Gasteiger partial charge >= 0.3 is 0 Å². The Morgan fingerprint density at radius 1 is 1.33 bits per heavy atom. The van der Waals surface area contributed by atoms with E-state index in [1.807, 2.05) is 13.8 Å². The molecule has 2 bridgehead atoms. The molecule has 1 aromatic carbocycles. The molecule has 1 aromatic rings. The third-order valence-electron chi connectivity index (χ3n) is 5.46. The molecule has 2 aliphatic carbocycles. The molecule has 0 radical (unpaired) electrons. The molecule has 2 saturated carbocycles. The zero-order valence-corrected chi connectivity index (χ0v) is 12.0. The van der Waals surface area contributed by atoms with Gasteiger partial charge in [0.25, 0.3) is 0 Å². The van der Waals surface area contributed by atoms with Gasteiger partial charge in [-0.3, -0.25) is 9.59 Å². The van der Waals surface area contributed by atoms with Crippen LogP contribution in [0.5, 0.6) is 0 Å². The molecular formula is C16H17F2NO2. The predicted molar refractivity (Wildman–Crippen MR) is 73.5 cm³/mol. The lowest BCUT2D eigenvalue weighted by Crippen LogP contribution is -2.46. The number of halogens is 2. The van der Waals surface area contributed by atoms with Crippen molar-refractivity contribution in [1.82, 2.24) is 0 Å². The highest BCUT2D eigenvalue weighted by Crippen LogP contribution is 2.64. The number of amides is 1. The van der Waals surface area contributed by atoms with Crippen LogP contribution in [0, 0.1) is 28.4 Å². The van der Waals surface area contributed by atoms with Crippen molar-refractivity contribution in [2.45, 2.75) is 33.1 Å².